The zero-order valence-electron chi connectivity index (χ0n) is 27.8. The van der Waals surface area contributed by atoms with Crippen LogP contribution in [-0.4, -0.2) is 77.6 Å². The molecule has 1 aromatic heterocycles. The fourth-order valence-corrected chi connectivity index (χ4v) is 5.06. The van der Waals surface area contributed by atoms with Gasteiger partial charge in [0.2, 0.25) is 0 Å². The summed E-state index contributed by atoms with van der Waals surface area (Å²) in [6, 6.07) is 14.1. The number of methoxy groups -OCH3 is 1. The molecule has 2 aromatic rings. The molecule has 0 aliphatic heterocycles. The van der Waals surface area contributed by atoms with Crippen LogP contribution in [0, 0.1) is 11.8 Å². The Morgan fingerprint density at radius 2 is 1.52 bits per heavy atom. The maximum absolute atomic E-state index is 13.8. The van der Waals surface area contributed by atoms with Crippen molar-refractivity contribution in [2.45, 2.75) is 91.5 Å². The average Bonchev–Trinajstić information content (AvgIpc) is 2.96. The number of rotatable bonds is 13. The van der Waals surface area contributed by atoms with Crippen LogP contribution in [0.1, 0.15) is 89.2 Å². The Morgan fingerprint density at radius 1 is 0.886 bits per heavy atom. The number of hydrogen-bond acceptors (Lipinski definition) is 8. The van der Waals surface area contributed by atoms with Crippen molar-refractivity contribution in [1.82, 2.24) is 14.8 Å². The summed E-state index contributed by atoms with van der Waals surface area (Å²) in [5, 5.41) is 0. The van der Waals surface area contributed by atoms with E-state index >= 15 is 0 Å². The summed E-state index contributed by atoms with van der Waals surface area (Å²) in [6.45, 7) is 12.4. The molecule has 0 unspecified atom stereocenters. The van der Waals surface area contributed by atoms with Gasteiger partial charge in [0.15, 0.2) is 0 Å². The molecule has 0 saturated carbocycles. The highest BCUT2D eigenvalue weighted by atomic mass is 16.6. The highest BCUT2D eigenvalue weighted by molar-refractivity contribution is 5.92. The van der Waals surface area contributed by atoms with Gasteiger partial charge in [-0.1, -0.05) is 57.2 Å². The first-order valence-corrected chi connectivity index (χ1v) is 15.0. The first-order chi connectivity index (χ1) is 20.5. The smallest absolute Gasteiger partial charge is 0.410 e. The minimum absolute atomic E-state index is 0.00271. The number of ether oxygens (including phenoxy) is 3. The summed E-state index contributed by atoms with van der Waals surface area (Å²) in [5.74, 6) is -1.61. The molecule has 242 valence electrons. The molecule has 0 aliphatic carbocycles. The fraction of sp³-hybridized carbons (Fsp3) is 0.559. The fourth-order valence-electron chi connectivity index (χ4n) is 5.06. The molecule has 4 atom stereocenters. The van der Waals surface area contributed by atoms with Crippen LogP contribution in [-0.2, 0) is 30.2 Å². The van der Waals surface area contributed by atoms with E-state index in [2.05, 4.69) is 4.98 Å². The average molecular weight is 612 g/mol. The Balaban J connectivity index is 2.39. The number of amides is 2. The van der Waals surface area contributed by atoms with E-state index in [0.717, 1.165) is 5.56 Å². The quantitative estimate of drug-likeness (QED) is 0.205. The number of aromatic nitrogens is 1. The highest BCUT2D eigenvalue weighted by Crippen LogP contribution is 2.28. The summed E-state index contributed by atoms with van der Waals surface area (Å²) in [4.78, 5) is 58.9. The van der Waals surface area contributed by atoms with Crippen LogP contribution in [0.4, 0.5) is 4.79 Å². The third-order valence-corrected chi connectivity index (χ3v) is 7.44. The van der Waals surface area contributed by atoms with Gasteiger partial charge >= 0.3 is 18.0 Å². The summed E-state index contributed by atoms with van der Waals surface area (Å²) < 4.78 is 16.2. The van der Waals surface area contributed by atoms with Crippen LogP contribution in [0.15, 0.2) is 48.5 Å². The van der Waals surface area contributed by atoms with Gasteiger partial charge < -0.3 is 24.0 Å². The van der Waals surface area contributed by atoms with E-state index in [-0.39, 0.29) is 42.0 Å². The molecule has 2 amide bonds. The molecular formula is C34H49N3O7. The third kappa shape index (κ3) is 11.0. The zero-order chi connectivity index (χ0) is 33.2. The van der Waals surface area contributed by atoms with Crippen molar-refractivity contribution in [3.8, 4) is 0 Å². The minimum Gasteiger partial charge on any atom is -0.469 e. The summed E-state index contributed by atoms with van der Waals surface area (Å²) in [6.07, 6.45) is -0.120. The van der Waals surface area contributed by atoms with Crippen LogP contribution in [0.5, 0.6) is 0 Å². The number of hydrogen-bond donors (Lipinski definition) is 0. The molecule has 0 bridgehead atoms. The minimum atomic E-state index is -0.817. The first-order valence-electron chi connectivity index (χ1n) is 15.0. The number of carbonyl (C=O) groups is 4. The standard InChI is InChI=1S/C34H49N3O7/c1-22(2)29(37(9)33(41)44-34(5,6)7)21-30(43-24(4)38)27-17-14-18-28(35-27)31(39)36(8)26(19-23(3)32(40)42-10)20-25-15-12-11-13-16-25/h11-18,22-23,26,29-30H,19-21H2,1-10H3/t23-,26+,29+,30+/m0/s1. The van der Waals surface area contributed by atoms with Gasteiger partial charge in [-0.25, -0.2) is 9.78 Å². The molecule has 0 spiro atoms. The van der Waals surface area contributed by atoms with Crippen LogP contribution in [0.25, 0.3) is 0 Å². The number of likely N-dealkylation sites (N-methyl/N-ethyl adjacent to an activating group) is 1. The molecule has 0 radical (unpaired) electrons. The highest BCUT2D eigenvalue weighted by Gasteiger charge is 2.33. The van der Waals surface area contributed by atoms with Crippen molar-refractivity contribution < 1.29 is 33.4 Å². The molecule has 0 aliphatic rings. The van der Waals surface area contributed by atoms with Crippen LogP contribution in [0.3, 0.4) is 0 Å². The van der Waals surface area contributed by atoms with Crippen molar-refractivity contribution in [1.29, 1.82) is 0 Å². The number of pyridine rings is 1. The SMILES string of the molecule is COC(=O)[C@@H](C)C[C@H](Cc1ccccc1)N(C)C(=O)c1cccc([C@@H](C[C@H](C(C)C)N(C)C(=O)OC(C)(C)C)OC(C)=O)n1. The molecule has 0 fully saturated rings. The summed E-state index contributed by atoms with van der Waals surface area (Å²) >= 11 is 0. The lowest BCUT2D eigenvalue weighted by Crippen LogP contribution is -2.44. The van der Waals surface area contributed by atoms with E-state index in [1.165, 1.54) is 18.9 Å². The van der Waals surface area contributed by atoms with Crippen molar-refractivity contribution in [2.75, 3.05) is 21.2 Å². The van der Waals surface area contributed by atoms with Gasteiger partial charge in [0.25, 0.3) is 5.91 Å². The molecule has 1 heterocycles. The van der Waals surface area contributed by atoms with Gasteiger partial charge in [0.1, 0.15) is 17.4 Å². The maximum atomic E-state index is 13.8. The summed E-state index contributed by atoms with van der Waals surface area (Å²) in [5.41, 5.74) is 0.926. The second-order valence-corrected chi connectivity index (χ2v) is 12.6. The molecule has 1 aromatic carbocycles. The van der Waals surface area contributed by atoms with E-state index in [0.29, 0.717) is 18.5 Å². The number of esters is 2. The predicted octanol–water partition coefficient (Wildman–Crippen LogP) is 5.85. The van der Waals surface area contributed by atoms with Crippen LogP contribution in [0.2, 0.25) is 0 Å². The van der Waals surface area contributed by atoms with E-state index in [1.807, 2.05) is 44.2 Å². The molecule has 10 heteroatoms. The van der Waals surface area contributed by atoms with Gasteiger partial charge in [0, 0.05) is 39.5 Å². The molecular weight excluding hydrogens is 562 g/mol. The van der Waals surface area contributed by atoms with E-state index in [9.17, 15) is 19.2 Å². The van der Waals surface area contributed by atoms with Gasteiger partial charge in [-0.3, -0.25) is 14.4 Å². The van der Waals surface area contributed by atoms with Crippen molar-refractivity contribution in [3.05, 3.63) is 65.5 Å². The molecule has 0 saturated heterocycles. The van der Waals surface area contributed by atoms with Gasteiger partial charge in [-0.15, -0.1) is 0 Å². The zero-order valence-corrected chi connectivity index (χ0v) is 27.8. The number of carbonyl (C=O) groups excluding carboxylic acids is 4. The Bertz CT molecular complexity index is 1260. The van der Waals surface area contributed by atoms with E-state index in [1.54, 1.807) is 64.9 Å². The first kappa shape index (κ1) is 36.2. The largest absolute Gasteiger partial charge is 0.469 e. The second-order valence-electron chi connectivity index (χ2n) is 12.6. The molecule has 2 rings (SSSR count). The third-order valence-electron chi connectivity index (χ3n) is 7.44. The van der Waals surface area contributed by atoms with Gasteiger partial charge in [0.05, 0.1) is 18.7 Å². The Kier molecular flexibility index (Phi) is 13.4. The van der Waals surface area contributed by atoms with Crippen LogP contribution < -0.4 is 0 Å². The van der Waals surface area contributed by atoms with Crippen LogP contribution >= 0.6 is 0 Å². The predicted molar refractivity (Wildman–Crippen MR) is 168 cm³/mol. The number of nitrogens with zero attached hydrogens (tertiary/aromatic N) is 3. The normalized spacial score (nSPS) is 14.2. The van der Waals surface area contributed by atoms with Gasteiger partial charge in [-0.05, 0) is 57.2 Å². The topological polar surface area (TPSA) is 115 Å². The lowest BCUT2D eigenvalue weighted by atomic mass is 9.94. The molecule has 10 nitrogen and oxygen atoms in total. The second kappa shape index (κ2) is 16.2. The van der Waals surface area contributed by atoms with E-state index < -0.39 is 29.7 Å². The van der Waals surface area contributed by atoms with Crippen molar-refractivity contribution >= 4 is 23.9 Å². The van der Waals surface area contributed by atoms with Crippen molar-refractivity contribution in [3.63, 3.8) is 0 Å². The maximum Gasteiger partial charge on any atom is 0.410 e. The lowest BCUT2D eigenvalue weighted by molar-refractivity contribution is -0.148. The molecule has 44 heavy (non-hydrogen) atoms. The van der Waals surface area contributed by atoms with E-state index in [4.69, 9.17) is 14.2 Å². The van der Waals surface area contributed by atoms with Gasteiger partial charge in [-0.2, -0.15) is 0 Å². The Hall–Kier alpha value is -3.95. The molecule has 0 N–H and O–H groups in total. The lowest BCUT2D eigenvalue weighted by Gasteiger charge is -2.35. The van der Waals surface area contributed by atoms with Crippen molar-refractivity contribution in [2.24, 2.45) is 11.8 Å². The summed E-state index contributed by atoms with van der Waals surface area (Å²) in [7, 11) is 4.71. The monoisotopic (exact) mass is 611 g/mol. The Morgan fingerprint density at radius 3 is 2.07 bits per heavy atom. The Labute approximate surface area is 262 Å². The number of benzene rings is 1.